The Morgan fingerprint density at radius 2 is 1.75 bits per heavy atom. The number of amides is 1. The number of allylic oxidation sites excluding steroid dienone is 2. The Kier molecular flexibility index (Phi) is 12.4. The molecule has 3 aliphatic heterocycles. The number of hydrogen-bond acceptors (Lipinski definition) is 13. The van der Waals surface area contributed by atoms with Crippen LogP contribution in [0.1, 0.15) is 64.4 Å². The number of pyridine rings is 1. The van der Waals surface area contributed by atoms with E-state index in [2.05, 4.69) is 15.5 Å². The number of fused-ring (bicyclic) bond motifs is 14. The quantitative estimate of drug-likeness (QED) is 0.147. The second-order valence-electron chi connectivity index (χ2n) is 15.8. The molecule has 0 spiro atoms. The average Bonchev–Trinajstić information content (AvgIpc) is 3.72. The third kappa shape index (κ3) is 7.71. The Bertz CT molecular complexity index is 2660. The number of esters is 1. The number of rotatable bonds is 4. The number of methoxy groups -OCH3 is 1. The number of H-pyrrole nitrogens is 1. The van der Waals surface area contributed by atoms with Gasteiger partial charge in [-0.2, -0.15) is 0 Å². The molecule has 0 radical (unpaired) electrons. The predicted octanol–water partition coefficient (Wildman–Crippen LogP) is 3.53. The number of benzene rings is 2. The molecule has 2 aromatic carbocycles. The summed E-state index contributed by atoms with van der Waals surface area (Å²) in [7, 11) is 2.91. The van der Waals surface area contributed by atoms with Crippen molar-refractivity contribution in [2.75, 3.05) is 14.2 Å². The molecule has 0 saturated heterocycles. The highest BCUT2D eigenvalue weighted by Gasteiger charge is 2.49. The molecule has 7 rings (SSSR count). The Labute approximate surface area is 345 Å². The Hall–Kier alpha value is -5.81. The summed E-state index contributed by atoms with van der Waals surface area (Å²) in [6.07, 6.45) is 6.92. The van der Waals surface area contributed by atoms with Crippen LogP contribution >= 0.6 is 0 Å². The predicted molar refractivity (Wildman–Crippen MR) is 221 cm³/mol. The summed E-state index contributed by atoms with van der Waals surface area (Å²) in [5.74, 6) is -7.14. The van der Waals surface area contributed by atoms with Crippen molar-refractivity contribution in [3.8, 4) is 11.5 Å². The lowest BCUT2D eigenvalue weighted by atomic mass is 9.78. The number of imidazole rings is 1. The van der Waals surface area contributed by atoms with E-state index in [1.54, 1.807) is 68.8 Å². The normalized spacial score (nSPS) is 30.2. The summed E-state index contributed by atoms with van der Waals surface area (Å²) in [6.45, 7) is 12.6. The number of ether oxygens (including phenoxy) is 4. The summed E-state index contributed by atoms with van der Waals surface area (Å²) >= 11 is 0. The zero-order valence-corrected chi connectivity index (χ0v) is 35.2. The van der Waals surface area contributed by atoms with Gasteiger partial charge in [-0.15, -0.1) is 0 Å². The van der Waals surface area contributed by atoms with Crippen LogP contribution in [-0.2, 0) is 28.6 Å². The maximum absolute atomic E-state index is 14.6. The van der Waals surface area contributed by atoms with Gasteiger partial charge < -0.3 is 39.3 Å². The number of carbonyl (C=O) groups is 3. The number of aliphatic hydroxyl groups excluding tert-OH is 2. The van der Waals surface area contributed by atoms with Crippen molar-refractivity contribution >= 4 is 51.3 Å². The van der Waals surface area contributed by atoms with Crippen LogP contribution in [0, 0.1) is 30.6 Å². The van der Waals surface area contributed by atoms with E-state index in [0.29, 0.717) is 10.9 Å². The topological polar surface area (TPSA) is 220 Å². The number of aromatic hydroxyl groups is 1. The van der Waals surface area contributed by atoms with Crippen LogP contribution in [0.2, 0.25) is 0 Å². The Balaban J connectivity index is 1.63. The number of nitrogens with zero attached hydrogens (tertiary/aromatic N) is 2. The van der Waals surface area contributed by atoms with Gasteiger partial charge in [0, 0.05) is 73.5 Å². The molecule has 60 heavy (non-hydrogen) atoms. The molecule has 5 N–H and O–H groups in total. The van der Waals surface area contributed by atoms with E-state index < -0.39 is 82.7 Å². The van der Waals surface area contributed by atoms with E-state index in [1.165, 1.54) is 60.3 Å². The van der Waals surface area contributed by atoms with Gasteiger partial charge in [-0.1, -0.05) is 45.9 Å². The van der Waals surface area contributed by atoms with Crippen molar-refractivity contribution in [2.45, 2.75) is 85.6 Å². The Morgan fingerprint density at radius 1 is 1.03 bits per heavy atom. The first-order valence-electron chi connectivity index (χ1n) is 19.6. The SMILES string of the molecule is CON/C=c1\ccn2c(c1)[nH]c1c3c4c5c(C)c(=O)c3c(O)c(c12)=NC(=O)/C(C)=C\C=C\[C@H](C)[C@H](O)[C@@H](C)[C@@H](O)[C@@H](C)[C@H](OC(C)=O)[C@H](C)[C@@H](OC)/C=C/O[C@@](C)(O5)C4=O. The molecule has 0 unspecified atom stereocenters. The van der Waals surface area contributed by atoms with Crippen LogP contribution in [0.3, 0.4) is 0 Å². The van der Waals surface area contributed by atoms with Gasteiger partial charge >= 0.3 is 11.8 Å². The number of phenolic OH excluding ortho intramolecular Hbond substituents is 1. The summed E-state index contributed by atoms with van der Waals surface area (Å²) in [5, 5.41) is 35.2. The average molecular weight is 829 g/mol. The van der Waals surface area contributed by atoms with Gasteiger partial charge in [-0.05, 0) is 37.3 Å². The lowest BCUT2D eigenvalue weighted by Crippen LogP contribution is -2.46. The van der Waals surface area contributed by atoms with Gasteiger partial charge in [0.1, 0.15) is 28.4 Å². The highest BCUT2D eigenvalue weighted by atomic mass is 16.7. The van der Waals surface area contributed by atoms with Gasteiger partial charge in [0.2, 0.25) is 0 Å². The maximum Gasteiger partial charge on any atom is 0.312 e. The number of hydrogen-bond donors (Lipinski definition) is 5. The smallest absolute Gasteiger partial charge is 0.312 e. The molecule has 16 nitrogen and oxygen atoms in total. The van der Waals surface area contributed by atoms with Crippen LogP contribution < -0.4 is 26.2 Å². The van der Waals surface area contributed by atoms with Crippen molar-refractivity contribution in [1.82, 2.24) is 14.9 Å². The van der Waals surface area contributed by atoms with Gasteiger partial charge in [0.05, 0.1) is 48.2 Å². The molecule has 16 heteroatoms. The zero-order valence-electron chi connectivity index (χ0n) is 35.2. The highest BCUT2D eigenvalue weighted by Crippen LogP contribution is 2.44. The minimum absolute atomic E-state index is 0.0119. The van der Waals surface area contributed by atoms with E-state index in [1.807, 2.05) is 0 Å². The molecule has 5 heterocycles. The molecule has 0 aliphatic carbocycles. The number of ketones is 1. The first-order chi connectivity index (χ1) is 28.4. The van der Waals surface area contributed by atoms with E-state index >= 15 is 0 Å². The van der Waals surface area contributed by atoms with Crippen LogP contribution in [0.4, 0.5) is 0 Å². The molecular formula is C44H52N4O12. The molecule has 0 saturated carbocycles. The van der Waals surface area contributed by atoms with Gasteiger partial charge in [0.15, 0.2) is 11.2 Å². The summed E-state index contributed by atoms with van der Waals surface area (Å²) in [6, 6.07) is 3.47. The fourth-order valence-electron chi connectivity index (χ4n) is 8.17. The maximum atomic E-state index is 14.6. The number of hydroxylamine groups is 1. The van der Waals surface area contributed by atoms with Gasteiger partial charge in [-0.3, -0.25) is 33.9 Å². The van der Waals surface area contributed by atoms with Crippen molar-refractivity contribution in [3.05, 3.63) is 86.4 Å². The van der Waals surface area contributed by atoms with E-state index in [-0.39, 0.29) is 49.6 Å². The molecule has 320 valence electrons. The van der Waals surface area contributed by atoms with Crippen LogP contribution in [0.25, 0.3) is 33.7 Å². The number of Topliss-reactive ketones (excluding diaryl/α,β-unsaturated/α-hetero) is 1. The molecule has 9 atom stereocenters. The Morgan fingerprint density at radius 3 is 2.42 bits per heavy atom. The van der Waals surface area contributed by atoms with Crippen LogP contribution in [-0.4, -0.2) is 86.8 Å². The molecular weight excluding hydrogens is 776 g/mol. The number of aromatic nitrogens is 2. The second kappa shape index (κ2) is 17.0. The van der Waals surface area contributed by atoms with E-state index in [0.717, 1.165) is 0 Å². The van der Waals surface area contributed by atoms with Crippen molar-refractivity contribution < 1.29 is 53.5 Å². The van der Waals surface area contributed by atoms with Crippen LogP contribution in [0.5, 0.6) is 11.5 Å². The fourth-order valence-corrected chi connectivity index (χ4v) is 8.17. The molecule has 1 amide bonds. The van der Waals surface area contributed by atoms with Gasteiger partial charge in [-0.25, -0.2) is 4.99 Å². The third-order valence-corrected chi connectivity index (χ3v) is 11.7. The zero-order chi connectivity index (χ0) is 44.0. The first kappa shape index (κ1) is 43.8. The number of carbonyl (C=O) groups excluding carboxylic acids is 3. The molecule has 2 aromatic heterocycles. The van der Waals surface area contributed by atoms with Crippen molar-refractivity contribution in [3.63, 3.8) is 0 Å². The lowest BCUT2D eigenvalue weighted by molar-refractivity contribution is -0.160. The van der Waals surface area contributed by atoms with Crippen molar-refractivity contribution in [2.24, 2.45) is 28.7 Å². The first-order valence-corrected chi connectivity index (χ1v) is 19.6. The number of nitrogens with one attached hydrogen (secondary N) is 2. The second-order valence-corrected chi connectivity index (χ2v) is 15.8. The standard InChI is InChI=1S/C44H52N4O12/c1-20-12-11-13-21(2)43(55)47-34-35-33(46-29-18-27(19-45-57-10)14-16-48(29)35)30-31(39(34)53)38(52)25(6)41-32(30)42(54)44(8,60-41)58-17-15-28(56-9)22(3)40(59-26(7)49)24(5)37(51)23(4)36(20)50/h11-20,22-24,28,36-37,40,45-46,50-51,53H,1-10H3/b12-11+,17-15+,21-13-,27-19+,47-34?/t20-,22+,23+,24+,28-,36-,37+,40+,44-/m0/s1. The largest absolute Gasteiger partial charge is 0.505 e. The van der Waals surface area contributed by atoms with E-state index in [9.17, 15) is 34.5 Å². The monoisotopic (exact) mass is 828 g/mol. The summed E-state index contributed by atoms with van der Waals surface area (Å²) in [4.78, 5) is 67.7. The lowest BCUT2D eigenvalue weighted by Gasteiger charge is -2.38. The minimum atomic E-state index is -2.01. The third-order valence-electron chi connectivity index (χ3n) is 11.7. The number of aliphatic hydroxyl groups is 2. The number of aromatic amines is 1. The highest BCUT2D eigenvalue weighted by molar-refractivity contribution is 6.23. The summed E-state index contributed by atoms with van der Waals surface area (Å²) in [5.41, 5.74) is 2.99. The summed E-state index contributed by atoms with van der Waals surface area (Å²) < 4.78 is 25.4. The van der Waals surface area contributed by atoms with Gasteiger partial charge in [0.25, 0.3) is 11.7 Å². The number of phenols is 1. The molecule has 0 fully saturated rings. The minimum Gasteiger partial charge on any atom is -0.505 e. The van der Waals surface area contributed by atoms with E-state index in [4.69, 9.17) is 23.8 Å². The fraction of sp³-hybridized carbons (Fsp3) is 0.432. The molecule has 5 bridgehead atoms. The molecule has 3 aliphatic rings. The molecule has 4 aromatic rings. The van der Waals surface area contributed by atoms with Crippen LogP contribution in [0.15, 0.2) is 64.3 Å². The van der Waals surface area contributed by atoms with Crippen molar-refractivity contribution in [1.29, 1.82) is 0 Å².